The Morgan fingerprint density at radius 3 is 2.75 bits per heavy atom. The zero-order chi connectivity index (χ0) is 13.9. The van der Waals surface area contributed by atoms with Gasteiger partial charge in [0.25, 0.3) is 0 Å². The largest absolute Gasteiger partial charge is 0.399 e. The Bertz CT molecular complexity index is 452. The minimum atomic E-state index is 0.789. The van der Waals surface area contributed by atoms with Gasteiger partial charge in [-0.1, -0.05) is 18.6 Å². The second kappa shape index (κ2) is 6.15. The molecule has 2 N–H and O–H groups in total. The average Bonchev–Trinajstić information content (AvgIpc) is 2.93. The molecule has 0 aromatic heterocycles. The summed E-state index contributed by atoms with van der Waals surface area (Å²) < 4.78 is 0. The van der Waals surface area contributed by atoms with Crippen molar-refractivity contribution in [3.63, 3.8) is 0 Å². The maximum atomic E-state index is 6.01. The van der Waals surface area contributed by atoms with Crippen molar-refractivity contribution < 1.29 is 0 Å². The molecule has 110 valence electrons. The summed E-state index contributed by atoms with van der Waals surface area (Å²) in [6.45, 7) is 8.29. The maximum absolute atomic E-state index is 6.01. The van der Waals surface area contributed by atoms with E-state index in [0.29, 0.717) is 0 Å². The van der Waals surface area contributed by atoms with E-state index in [1.807, 2.05) is 6.07 Å². The summed E-state index contributed by atoms with van der Waals surface area (Å²) >= 11 is 0. The Kier molecular flexibility index (Phi) is 4.27. The average molecular weight is 273 g/mol. The fourth-order valence-electron chi connectivity index (χ4n) is 3.65. The SMILES string of the molecule is Cc1c(N)cccc1CN1CCC(N2CCCCC2)C1. The number of benzene rings is 1. The third-order valence-electron chi connectivity index (χ3n) is 5.04. The zero-order valence-corrected chi connectivity index (χ0v) is 12.6. The molecular weight excluding hydrogens is 246 g/mol. The summed E-state index contributed by atoms with van der Waals surface area (Å²) in [5.41, 5.74) is 9.59. The van der Waals surface area contributed by atoms with E-state index in [1.165, 1.54) is 63.0 Å². The van der Waals surface area contributed by atoms with Crippen LogP contribution in [0.3, 0.4) is 0 Å². The molecule has 2 aliphatic heterocycles. The van der Waals surface area contributed by atoms with Crippen molar-refractivity contribution in [1.29, 1.82) is 0 Å². The van der Waals surface area contributed by atoms with E-state index >= 15 is 0 Å². The van der Waals surface area contributed by atoms with Gasteiger partial charge in [0.05, 0.1) is 0 Å². The van der Waals surface area contributed by atoms with Crippen LogP contribution < -0.4 is 5.73 Å². The number of nitrogens with zero attached hydrogens (tertiary/aromatic N) is 2. The van der Waals surface area contributed by atoms with E-state index in [4.69, 9.17) is 5.73 Å². The number of nitrogen functional groups attached to an aromatic ring is 1. The van der Waals surface area contributed by atoms with E-state index in [9.17, 15) is 0 Å². The summed E-state index contributed by atoms with van der Waals surface area (Å²) in [5, 5.41) is 0. The number of hydrogen-bond donors (Lipinski definition) is 1. The second-order valence-electron chi connectivity index (χ2n) is 6.41. The van der Waals surface area contributed by atoms with Gasteiger partial charge in [-0.25, -0.2) is 0 Å². The summed E-state index contributed by atoms with van der Waals surface area (Å²) in [6.07, 6.45) is 5.55. The van der Waals surface area contributed by atoms with Gasteiger partial charge in [-0.15, -0.1) is 0 Å². The van der Waals surface area contributed by atoms with Gasteiger partial charge in [-0.2, -0.15) is 0 Å². The monoisotopic (exact) mass is 273 g/mol. The van der Waals surface area contributed by atoms with Crippen LogP contribution in [-0.2, 0) is 6.54 Å². The quantitative estimate of drug-likeness (QED) is 0.859. The van der Waals surface area contributed by atoms with Crippen LogP contribution >= 0.6 is 0 Å². The van der Waals surface area contributed by atoms with Crippen molar-refractivity contribution in [2.45, 2.75) is 45.2 Å². The third-order valence-corrected chi connectivity index (χ3v) is 5.04. The van der Waals surface area contributed by atoms with Crippen LogP contribution in [0.4, 0.5) is 5.69 Å². The van der Waals surface area contributed by atoms with Crippen LogP contribution in [0.2, 0.25) is 0 Å². The number of hydrogen-bond acceptors (Lipinski definition) is 3. The first-order valence-electron chi connectivity index (χ1n) is 8.04. The summed E-state index contributed by atoms with van der Waals surface area (Å²) in [6, 6.07) is 7.09. The van der Waals surface area contributed by atoms with Crippen LogP contribution in [-0.4, -0.2) is 42.0 Å². The number of piperidine rings is 1. The standard InChI is InChI=1S/C17H27N3/c1-14-15(6-5-7-17(14)18)12-19-11-8-16(13-19)20-9-3-2-4-10-20/h5-7,16H,2-4,8-13,18H2,1H3. The smallest absolute Gasteiger partial charge is 0.0346 e. The molecule has 20 heavy (non-hydrogen) atoms. The van der Waals surface area contributed by atoms with Gasteiger partial charge in [0.2, 0.25) is 0 Å². The van der Waals surface area contributed by atoms with Gasteiger partial charge in [-0.05, 0) is 56.5 Å². The molecule has 1 unspecified atom stereocenters. The normalized spacial score (nSPS) is 25.1. The fourth-order valence-corrected chi connectivity index (χ4v) is 3.65. The summed E-state index contributed by atoms with van der Waals surface area (Å²) in [4.78, 5) is 5.32. The van der Waals surface area contributed by atoms with Crippen LogP contribution in [0, 0.1) is 6.92 Å². The topological polar surface area (TPSA) is 32.5 Å². The first-order valence-corrected chi connectivity index (χ1v) is 8.04. The van der Waals surface area contributed by atoms with Crippen molar-refractivity contribution in [3.05, 3.63) is 29.3 Å². The Hall–Kier alpha value is -1.06. The lowest BCUT2D eigenvalue weighted by Gasteiger charge is -2.32. The number of likely N-dealkylation sites (tertiary alicyclic amines) is 2. The Labute approximate surface area is 122 Å². The van der Waals surface area contributed by atoms with Crippen molar-refractivity contribution in [1.82, 2.24) is 9.80 Å². The Morgan fingerprint density at radius 2 is 1.95 bits per heavy atom. The fraction of sp³-hybridized carbons (Fsp3) is 0.647. The van der Waals surface area contributed by atoms with E-state index < -0.39 is 0 Å². The van der Waals surface area contributed by atoms with Gasteiger partial charge in [0.15, 0.2) is 0 Å². The van der Waals surface area contributed by atoms with Gasteiger partial charge in [-0.3, -0.25) is 9.80 Å². The highest BCUT2D eigenvalue weighted by molar-refractivity contribution is 5.49. The van der Waals surface area contributed by atoms with Gasteiger partial charge in [0.1, 0.15) is 0 Å². The molecule has 3 rings (SSSR count). The van der Waals surface area contributed by atoms with E-state index in [0.717, 1.165) is 18.3 Å². The van der Waals surface area contributed by atoms with E-state index in [-0.39, 0.29) is 0 Å². The van der Waals surface area contributed by atoms with Crippen molar-refractivity contribution in [3.8, 4) is 0 Å². The van der Waals surface area contributed by atoms with Crippen LogP contribution in [0.25, 0.3) is 0 Å². The molecule has 2 aliphatic rings. The lowest BCUT2D eigenvalue weighted by Crippen LogP contribution is -2.40. The minimum Gasteiger partial charge on any atom is -0.399 e. The Balaban J connectivity index is 1.58. The minimum absolute atomic E-state index is 0.789. The number of rotatable bonds is 3. The molecule has 2 saturated heterocycles. The molecule has 0 amide bonds. The molecule has 0 bridgehead atoms. The highest BCUT2D eigenvalue weighted by atomic mass is 15.3. The van der Waals surface area contributed by atoms with Crippen LogP contribution in [0.15, 0.2) is 18.2 Å². The lowest BCUT2D eigenvalue weighted by molar-refractivity contribution is 0.161. The van der Waals surface area contributed by atoms with Crippen LogP contribution in [0.1, 0.15) is 36.8 Å². The lowest BCUT2D eigenvalue weighted by atomic mass is 10.1. The molecule has 1 aromatic rings. The maximum Gasteiger partial charge on any atom is 0.0346 e. The molecule has 2 fully saturated rings. The molecule has 0 aliphatic carbocycles. The van der Waals surface area contributed by atoms with E-state index in [1.54, 1.807) is 0 Å². The highest BCUT2D eigenvalue weighted by Crippen LogP contribution is 2.23. The predicted octanol–water partition coefficient (Wildman–Crippen LogP) is 2.64. The molecule has 0 spiro atoms. The van der Waals surface area contributed by atoms with Gasteiger partial charge >= 0.3 is 0 Å². The molecular formula is C17H27N3. The predicted molar refractivity (Wildman–Crippen MR) is 84.7 cm³/mol. The number of anilines is 1. The first kappa shape index (κ1) is 13.9. The molecule has 1 aromatic carbocycles. The summed E-state index contributed by atoms with van der Waals surface area (Å²) in [7, 11) is 0. The molecule has 3 heteroatoms. The van der Waals surface area contributed by atoms with Gasteiger partial charge < -0.3 is 5.73 Å². The summed E-state index contributed by atoms with van der Waals surface area (Å²) in [5.74, 6) is 0. The molecule has 0 saturated carbocycles. The third kappa shape index (κ3) is 2.99. The molecule has 3 nitrogen and oxygen atoms in total. The first-order chi connectivity index (χ1) is 9.74. The van der Waals surface area contributed by atoms with Gasteiger partial charge in [0, 0.05) is 31.4 Å². The zero-order valence-electron chi connectivity index (χ0n) is 12.6. The van der Waals surface area contributed by atoms with Crippen LogP contribution in [0.5, 0.6) is 0 Å². The van der Waals surface area contributed by atoms with Crippen molar-refractivity contribution in [2.24, 2.45) is 0 Å². The van der Waals surface area contributed by atoms with Crippen molar-refractivity contribution in [2.75, 3.05) is 31.9 Å². The number of nitrogens with two attached hydrogens (primary N) is 1. The molecule has 0 radical (unpaired) electrons. The molecule has 2 heterocycles. The van der Waals surface area contributed by atoms with Crippen molar-refractivity contribution >= 4 is 5.69 Å². The Morgan fingerprint density at radius 1 is 1.15 bits per heavy atom. The molecule has 1 atom stereocenters. The van der Waals surface area contributed by atoms with E-state index in [2.05, 4.69) is 28.9 Å². The highest BCUT2D eigenvalue weighted by Gasteiger charge is 2.28. The second-order valence-corrected chi connectivity index (χ2v) is 6.41.